The van der Waals surface area contributed by atoms with Crippen molar-refractivity contribution in [3.8, 4) is 0 Å². The van der Waals surface area contributed by atoms with E-state index in [-0.39, 0.29) is 5.91 Å². The summed E-state index contributed by atoms with van der Waals surface area (Å²) in [5.41, 5.74) is 2.65. The van der Waals surface area contributed by atoms with Gasteiger partial charge < -0.3 is 9.30 Å². The zero-order chi connectivity index (χ0) is 17.1. The summed E-state index contributed by atoms with van der Waals surface area (Å²) < 4.78 is 7.25. The van der Waals surface area contributed by atoms with Crippen LogP contribution in [0, 0.1) is 6.92 Å². The van der Waals surface area contributed by atoms with Crippen LogP contribution in [0.4, 0.5) is 5.13 Å². The van der Waals surface area contributed by atoms with Crippen LogP contribution in [0.3, 0.4) is 0 Å². The number of hydrogen-bond donors (Lipinski definition) is 0. The second-order valence-electron chi connectivity index (χ2n) is 5.55. The Hall–Kier alpha value is -2.18. The van der Waals surface area contributed by atoms with Gasteiger partial charge in [0.15, 0.2) is 5.13 Å². The minimum atomic E-state index is -0.0286. The number of thiazole rings is 1. The normalized spacial score (nSPS) is 11.1. The Kier molecular flexibility index (Phi) is 4.97. The molecule has 6 heteroatoms. The average Bonchev–Trinajstić information content (AvgIpc) is 3.17. The minimum absolute atomic E-state index is 0.0286. The van der Waals surface area contributed by atoms with Crippen LogP contribution in [0.1, 0.15) is 23.1 Å². The van der Waals surface area contributed by atoms with Gasteiger partial charge in [-0.05, 0) is 26.0 Å². The number of ether oxygens (including phenoxy) is 1. The molecule has 1 aromatic carbocycles. The topological polar surface area (TPSA) is 47.4 Å². The number of nitrogens with zero attached hydrogens (tertiary/aromatic N) is 3. The molecule has 5 nitrogen and oxygen atoms in total. The molecule has 0 aliphatic rings. The van der Waals surface area contributed by atoms with Gasteiger partial charge in [-0.2, -0.15) is 0 Å². The Morgan fingerprint density at radius 2 is 2.17 bits per heavy atom. The zero-order valence-electron chi connectivity index (χ0n) is 14.2. The lowest BCUT2D eigenvalue weighted by Crippen LogP contribution is -2.32. The van der Waals surface area contributed by atoms with Crippen molar-refractivity contribution in [1.29, 1.82) is 0 Å². The molecule has 0 aliphatic carbocycles. The molecule has 0 radical (unpaired) electrons. The lowest BCUT2D eigenvalue weighted by atomic mass is 10.2. The van der Waals surface area contributed by atoms with E-state index in [1.165, 1.54) is 11.3 Å². The number of methoxy groups -OCH3 is 1. The molecule has 126 valence electrons. The third kappa shape index (κ3) is 3.07. The number of aromatic nitrogens is 2. The first-order valence-corrected chi connectivity index (χ1v) is 8.85. The molecule has 1 amide bonds. The van der Waals surface area contributed by atoms with Crippen LogP contribution in [-0.4, -0.2) is 35.7 Å². The van der Waals surface area contributed by atoms with Crippen molar-refractivity contribution in [2.24, 2.45) is 0 Å². The first-order chi connectivity index (χ1) is 11.7. The number of anilines is 1. The summed E-state index contributed by atoms with van der Waals surface area (Å²) in [5.74, 6) is -0.0286. The van der Waals surface area contributed by atoms with Gasteiger partial charge >= 0.3 is 0 Å². The standard InChI is InChI=1S/C18H21N3O2S/c1-4-20(18-19-13(2)12-24-18)17(22)16-11-14-7-5-6-8-15(14)21(16)9-10-23-3/h5-8,11-12H,4,9-10H2,1-3H3. The second-order valence-corrected chi connectivity index (χ2v) is 6.39. The molecule has 0 bridgehead atoms. The average molecular weight is 343 g/mol. The minimum Gasteiger partial charge on any atom is -0.383 e. The van der Waals surface area contributed by atoms with Crippen LogP contribution in [0.25, 0.3) is 10.9 Å². The predicted molar refractivity (Wildman–Crippen MR) is 98.0 cm³/mol. The third-order valence-electron chi connectivity index (χ3n) is 3.95. The molecule has 0 N–H and O–H groups in total. The molecule has 0 saturated carbocycles. The molecule has 2 heterocycles. The van der Waals surface area contributed by atoms with Crippen molar-refractivity contribution in [2.75, 3.05) is 25.2 Å². The van der Waals surface area contributed by atoms with Crippen LogP contribution in [0.2, 0.25) is 0 Å². The molecule has 24 heavy (non-hydrogen) atoms. The maximum absolute atomic E-state index is 13.2. The van der Waals surface area contributed by atoms with Crippen molar-refractivity contribution in [1.82, 2.24) is 9.55 Å². The highest BCUT2D eigenvalue weighted by atomic mass is 32.1. The molecule has 0 spiro atoms. The number of fused-ring (bicyclic) bond motifs is 1. The molecule has 0 fully saturated rings. The smallest absolute Gasteiger partial charge is 0.276 e. The molecule has 3 rings (SSSR count). The van der Waals surface area contributed by atoms with Gasteiger partial charge in [0.2, 0.25) is 0 Å². The Balaban J connectivity index is 2.04. The number of carbonyl (C=O) groups excluding carboxylic acids is 1. The molecule has 3 aromatic rings. The zero-order valence-corrected chi connectivity index (χ0v) is 15.0. The summed E-state index contributed by atoms with van der Waals surface area (Å²) in [5, 5.41) is 3.76. The highest BCUT2D eigenvalue weighted by Crippen LogP contribution is 2.25. The quantitative estimate of drug-likeness (QED) is 0.685. The molecule has 0 atom stereocenters. The first kappa shape index (κ1) is 16.7. The van der Waals surface area contributed by atoms with E-state index in [1.54, 1.807) is 12.0 Å². The van der Waals surface area contributed by atoms with Gasteiger partial charge in [0, 0.05) is 36.5 Å². The number of rotatable bonds is 6. The summed E-state index contributed by atoms with van der Waals surface area (Å²) >= 11 is 1.50. The Labute approximate surface area is 145 Å². The predicted octanol–water partition coefficient (Wildman–Crippen LogP) is 3.72. The largest absolute Gasteiger partial charge is 0.383 e. The van der Waals surface area contributed by atoms with Crippen molar-refractivity contribution in [3.63, 3.8) is 0 Å². The lowest BCUT2D eigenvalue weighted by Gasteiger charge is -2.19. The molecule has 0 saturated heterocycles. The number of carbonyl (C=O) groups is 1. The fourth-order valence-electron chi connectivity index (χ4n) is 2.78. The van der Waals surface area contributed by atoms with E-state index in [1.807, 2.05) is 54.1 Å². The Bertz CT molecular complexity index is 853. The fraction of sp³-hybridized carbons (Fsp3) is 0.333. The lowest BCUT2D eigenvalue weighted by molar-refractivity contribution is 0.0977. The number of hydrogen-bond acceptors (Lipinski definition) is 4. The Morgan fingerprint density at radius 3 is 2.83 bits per heavy atom. The van der Waals surface area contributed by atoms with Crippen molar-refractivity contribution < 1.29 is 9.53 Å². The van der Waals surface area contributed by atoms with Crippen LogP contribution < -0.4 is 4.90 Å². The van der Waals surface area contributed by atoms with Crippen LogP contribution in [-0.2, 0) is 11.3 Å². The van der Waals surface area contributed by atoms with Crippen LogP contribution >= 0.6 is 11.3 Å². The van der Waals surface area contributed by atoms with Crippen LogP contribution in [0.15, 0.2) is 35.7 Å². The van der Waals surface area contributed by atoms with Crippen LogP contribution in [0.5, 0.6) is 0 Å². The number of amides is 1. The molecular formula is C18H21N3O2S. The highest BCUT2D eigenvalue weighted by molar-refractivity contribution is 7.14. The van der Waals surface area contributed by atoms with E-state index in [0.717, 1.165) is 21.7 Å². The fourth-order valence-corrected chi connectivity index (χ4v) is 3.65. The molecule has 0 unspecified atom stereocenters. The van der Waals surface area contributed by atoms with E-state index in [2.05, 4.69) is 4.98 Å². The summed E-state index contributed by atoms with van der Waals surface area (Å²) in [6.45, 7) is 5.68. The van der Waals surface area contributed by atoms with E-state index < -0.39 is 0 Å². The third-order valence-corrected chi connectivity index (χ3v) is 4.93. The van der Waals surface area contributed by atoms with Gasteiger partial charge in [0.05, 0.1) is 12.3 Å². The molecule has 2 aromatic heterocycles. The summed E-state index contributed by atoms with van der Waals surface area (Å²) in [6, 6.07) is 9.99. The summed E-state index contributed by atoms with van der Waals surface area (Å²) in [4.78, 5) is 19.4. The van der Waals surface area contributed by atoms with E-state index in [9.17, 15) is 4.79 Å². The summed E-state index contributed by atoms with van der Waals surface area (Å²) in [6.07, 6.45) is 0. The maximum Gasteiger partial charge on any atom is 0.276 e. The van der Waals surface area contributed by atoms with E-state index in [0.29, 0.717) is 25.4 Å². The maximum atomic E-state index is 13.2. The SMILES string of the molecule is CCN(C(=O)c1cc2ccccc2n1CCOC)c1nc(C)cs1. The first-order valence-electron chi connectivity index (χ1n) is 7.97. The summed E-state index contributed by atoms with van der Waals surface area (Å²) in [7, 11) is 1.67. The van der Waals surface area contributed by atoms with Crippen molar-refractivity contribution in [2.45, 2.75) is 20.4 Å². The van der Waals surface area contributed by atoms with Gasteiger partial charge in [0.25, 0.3) is 5.91 Å². The van der Waals surface area contributed by atoms with E-state index in [4.69, 9.17) is 4.74 Å². The van der Waals surface area contributed by atoms with Crippen molar-refractivity contribution in [3.05, 3.63) is 47.1 Å². The molecular weight excluding hydrogens is 322 g/mol. The Morgan fingerprint density at radius 1 is 1.38 bits per heavy atom. The van der Waals surface area contributed by atoms with E-state index >= 15 is 0 Å². The highest BCUT2D eigenvalue weighted by Gasteiger charge is 2.23. The number of para-hydroxylation sites is 1. The van der Waals surface area contributed by atoms with Gasteiger partial charge in [-0.25, -0.2) is 4.98 Å². The molecule has 0 aliphatic heterocycles. The van der Waals surface area contributed by atoms with Crippen molar-refractivity contribution >= 4 is 33.3 Å². The van der Waals surface area contributed by atoms with Gasteiger partial charge in [-0.1, -0.05) is 18.2 Å². The van der Waals surface area contributed by atoms with Gasteiger partial charge in [0.1, 0.15) is 5.69 Å². The second kappa shape index (κ2) is 7.15. The van der Waals surface area contributed by atoms with Gasteiger partial charge in [-0.15, -0.1) is 11.3 Å². The number of aryl methyl sites for hydroxylation is 1. The van der Waals surface area contributed by atoms with Gasteiger partial charge in [-0.3, -0.25) is 9.69 Å². The number of benzene rings is 1. The monoisotopic (exact) mass is 343 g/mol.